The third-order valence-electron chi connectivity index (χ3n) is 3.34. The molecule has 0 unspecified atom stereocenters. The molecule has 1 heterocycles. The van der Waals surface area contributed by atoms with Crippen molar-refractivity contribution in [2.75, 3.05) is 6.61 Å². The zero-order chi connectivity index (χ0) is 12.4. The van der Waals surface area contributed by atoms with Crippen LogP contribution in [-0.4, -0.2) is 27.1 Å². The summed E-state index contributed by atoms with van der Waals surface area (Å²) in [6.45, 7) is 13.7. The Balaban J connectivity index is 2.43. The van der Waals surface area contributed by atoms with Crippen LogP contribution in [0.4, 0.5) is 0 Å². The summed E-state index contributed by atoms with van der Waals surface area (Å²) in [7, 11) is -1.68. The van der Waals surface area contributed by atoms with Crippen LogP contribution >= 0.6 is 0 Å². The highest BCUT2D eigenvalue weighted by Gasteiger charge is 2.37. The second-order valence-electron chi connectivity index (χ2n) is 5.89. The van der Waals surface area contributed by atoms with Gasteiger partial charge in [0.15, 0.2) is 8.32 Å². The van der Waals surface area contributed by atoms with Gasteiger partial charge in [-0.3, -0.25) is 0 Å². The predicted octanol–water partition coefficient (Wildman–Crippen LogP) is 3.28. The van der Waals surface area contributed by atoms with Gasteiger partial charge in [0.05, 0.1) is 6.61 Å². The van der Waals surface area contributed by atoms with Crippen molar-refractivity contribution < 1.29 is 14.2 Å². The van der Waals surface area contributed by atoms with E-state index in [0.717, 1.165) is 0 Å². The van der Waals surface area contributed by atoms with Gasteiger partial charge in [0.1, 0.15) is 12.2 Å². The van der Waals surface area contributed by atoms with Crippen LogP contribution in [0.2, 0.25) is 18.1 Å². The molecule has 0 aromatic heterocycles. The number of hydrogen-bond acceptors (Lipinski definition) is 3. The first-order valence-electron chi connectivity index (χ1n) is 5.87. The van der Waals surface area contributed by atoms with Gasteiger partial charge in [0, 0.05) is 0 Å². The van der Waals surface area contributed by atoms with E-state index < -0.39 is 8.32 Å². The maximum absolute atomic E-state index is 6.05. The summed E-state index contributed by atoms with van der Waals surface area (Å²) in [5.74, 6) is 0. The van der Waals surface area contributed by atoms with E-state index in [-0.39, 0.29) is 17.2 Å². The van der Waals surface area contributed by atoms with Crippen molar-refractivity contribution in [3.8, 4) is 0 Å². The van der Waals surface area contributed by atoms with E-state index in [0.29, 0.717) is 6.61 Å². The first-order valence-corrected chi connectivity index (χ1v) is 8.77. The molecule has 0 aromatic rings. The van der Waals surface area contributed by atoms with Crippen LogP contribution in [-0.2, 0) is 14.2 Å². The van der Waals surface area contributed by atoms with Crippen LogP contribution in [0.5, 0.6) is 0 Å². The highest BCUT2D eigenvalue weighted by molar-refractivity contribution is 6.74. The van der Waals surface area contributed by atoms with Crippen LogP contribution in [0.15, 0.2) is 12.2 Å². The number of hydrogen-bond donors (Lipinski definition) is 0. The van der Waals surface area contributed by atoms with Crippen LogP contribution < -0.4 is 0 Å². The highest BCUT2D eigenvalue weighted by Crippen LogP contribution is 2.36. The maximum atomic E-state index is 6.05. The third kappa shape index (κ3) is 3.70. The van der Waals surface area contributed by atoms with Crippen LogP contribution in [0, 0.1) is 0 Å². The molecule has 16 heavy (non-hydrogen) atoms. The lowest BCUT2D eigenvalue weighted by Gasteiger charge is -2.37. The Bertz CT molecular complexity index is 255. The van der Waals surface area contributed by atoms with Crippen molar-refractivity contribution in [3.05, 3.63) is 12.2 Å². The molecule has 0 amide bonds. The molecule has 0 saturated heterocycles. The minimum atomic E-state index is -1.68. The molecular formula is C12H24O3Si. The Morgan fingerprint density at radius 2 is 1.81 bits per heavy atom. The van der Waals surface area contributed by atoms with E-state index in [9.17, 15) is 0 Å². The van der Waals surface area contributed by atoms with Gasteiger partial charge in [0.2, 0.25) is 0 Å². The Morgan fingerprint density at radius 1 is 1.19 bits per heavy atom. The van der Waals surface area contributed by atoms with Gasteiger partial charge in [0.25, 0.3) is 0 Å². The summed E-state index contributed by atoms with van der Waals surface area (Å²) in [6.07, 6.45) is 4.00. The molecule has 0 aliphatic carbocycles. The standard InChI is InChI=1S/C12H24O3Si/c1-10-7-8-11(15-14-10)9-13-16(5,6)12(2,3)4/h7-8,10-11H,9H2,1-6H3/t10-,11-/m1/s1. The topological polar surface area (TPSA) is 27.7 Å². The van der Waals surface area contributed by atoms with Gasteiger partial charge in [-0.05, 0) is 25.1 Å². The lowest BCUT2D eigenvalue weighted by atomic mass is 10.2. The fraction of sp³-hybridized carbons (Fsp3) is 0.833. The molecule has 0 aromatic carbocycles. The Kier molecular flexibility index (Phi) is 4.34. The van der Waals surface area contributed by atoms with Crippen molar-refractivity contribution in [1.82, 2.24) is 0 Å². The van der Waals surface area contributed by atoms with Crippen LogP contribution in [0.3, 0.4) is 0 Å². The average molecular weight is 244 g/mol. The zero-order valence-corrected chi connectivity index (χ0v) is 12.2. The first kappa shape index (κ1) is 13.9. The summed E-state index contributed by atoms with van der Waals surface area (Å²) in [4.78, 5) is 10.3. The minimum absolute atomic E-state index is 0.0455. The first-order chi connectivity index (χ1) is 7.22. The summed E-state index contributed by atoms with van der Waals surface area (Å²) >= 11 is 0. The normalized spacial score (nSPS) is 27.1. The Labute approximate surface area is 99.8 Å². The smallest absolute Gasteiger partial charge is 0.192 e. The van der Waals surface area contributed by atoms with Crippen LogP contribution in [0.25, 0.3) is 0 Å². The predicted molar refractivity (Wildman–Crippen MR) is 67.7 cm³/mol. The van der Waals surface area contributed by atoms with Gasteiger partial charge in [-0.2, -0.15) is 0 Å². The monoisotopic (exact) mass is 244 g/mol. The third-order valence-corrected chi connectivity index (χ3v) is 7.84. The molecule has 2 atom stereocenters. The Morgan fingerprint density at radius 3 is 2.25 bits per heavy atom. The molecule has 0 bridgehead atoms. The largest absolute Gasteiger partial charge is 0.414 e. The molecular weight excluding hydrogens is 220 g/mol. The fourth-order valence-electron chi connectivity index (χ4n) is 1.09. The number of rotatable bonds is 3. The summed E-state index contributed by atoms with van der Waals surface area (Å²) in [5, 5.41) is 0.236. The molecule has 1 aliphatic rings. The molecule has 3 nitrogen and oxygen atoms in total. The molecule has 0 saturated carbocycles. The highest BCUT2D eigenvalue weighted by atomic mass is 28.4. The molecule has 94 valence electrons. The molecule has 0 N–H and O–H groups in total. The Hall–Kier alpha value is -0.163. The van der Waals surface area contributed by atoms with Gasteiger partial charge in [-0.15, -0.1) is 0 Å². The molecule has 4 heteroatoms. The molecule has 1 aliphatic heterocycles. The van der Waals surface area contributed by atoms with Crippen LogP contribution in [0.1, 0.15) is 27.7 Å². The summed E-state index contributed by atoms with van der Waals surface area (Å²) < 4.78 is 6.05. The van der Waals surface area contributed by atoms with E-state index >= 15 is 0 Å². The van der Waals surface area contributed by atoms with E-state index in [4.69, 9.17) is 14.2 Å². The van der Waals surface area contributed by atoms with Gasteiger partial charge >= 0.3 is 0 Å². The second kappa shape index (κ2) is 5.00. The van der Waals surface area contributed by atoms with Crippen molar-refractivity contribution in [3.63, 3.8) is 0 Å². The molecule has 1 rings (SSSR count). The van der Waals surface area contributed by atoms with Crippen molar-refractivity contribution in [2.24, 2.45) is 0 Å². The van der Waals surface area contributed by atoms with E-state index in [1.165, 1.54) is 0 Å². The molecule has 0 fully saturated rings. The quantitative estimate of drug-likeness (QED) is 0.433. The zero-order valence-electron chi connectivity index (χ0n) is 11.2. The molecule has 0 radical (unpaired) electrons. The fourth-order valence-corrected chi connectivity index (χ4v) is 2.11. The average Bonchev–Trinajstić information content (AvgIpc) is 2.15. The lowest BCUT2D eigenvalue weighted by Crippen LogP contribution is -2.43. The van der Waals surface area contributed by atoms with Gasteiger partial charge < -0.3 is 4.43 Å². The van der Waals surface area contributed by atoms with E-state index in [1.54, 1.807) is 0 Å². The maximum Gasteiger partial charge on any atom is 0.192 e. The second-order valence-corrected chi connectivity index (χ2v) is 10.7. The van der Waals surface area contributed by atoms with Gasteiger partial charge in [-0.25, -0.2) is 9.78 Å². The van der Waals surface area contributed by atoms with Gasteiger partial charge in [-0.1, -0.05) is 32.9 Å². The van der Waals surface area contributed by atoms with E-state index in [2.05, 4.69) is 33.9 Å². The lowest BCUT2D eigenvalue weighted by molar-refractivity contribution is -0.339. The van der Waals surface area contributed by atoms with Crippen molar-refractivity contribution >= 4 is 8.32 Å². The summed E-state index contributed by atoms with van der Waals surface area (Å²) in [5.41, 5.74) is 0. The SMILES string of the molecule is C[C@@H]1C=C[C@H](CO[Si](C)(C)C(C)(C)C)OO1. The summed E-state index contributed by atoms with van der Waals surface area (Å²) in [6, 6.07) is 0. The van der Waals surface area contributed by atoms with E-state index in [1.807, 2.05) is 19.1 Å². The van der Waals surface area contributed by atoms with Crippen molar-refractivity contribution in [2.45, 2.75) is 58.0 Å². The molecule has 0 spiro atoms. The minimum Gasteiger partial charge on any atom is -0.414 e. The van der Waals surface area contributed by atoms with Crippen molar-refractivity contribution in [1.29, 1.82) is 0 Å².